The van der Waals surface area contributed by atoms with Gasteiger partial charge in [-0.3, -0.25) is 4.99 Å². The number of hydrogen-bond donors (Lipinski definition) is 2. The van der Waals surface area contributed by atoms with Crippen molar-refractivity contribution in [3.05, 3.63) is 21.9 Å². The summed E-state index contributed by atoms with van der Waals surface area (Å²) in [5.74, 6) is 1.51. The average molecular weight is 479 g/mol. The summed E-state index contributed by atoms with van der Waals surface area (Å²) in [6.45, 7) is 15.7. The number of rotatable bonds is 7. The maximum atomic E-state index is 4.34. The molecule has 2 rings (SSSR count). The summed E-state index contributed by atoms with van der Waals surface area (Å²) in [5, 5.41) is 9.02. The molecular formula is C18H34IN5S. The van der Waals surface area contributed by atoms with Gasteiger partial charge in [-0.15, -0.1) is 35.3 Å². The maximum absolute atomic E-state index is 4.34. The zero-order valence-electron chi connectivity index (χ0n) is 16.0. The molecule has 1 aromatic rings. The smallest absolute Gasteiger partial charge is 0.191 e. The molecule has 1 aliphatic heterocycles. The van der Waals surface area contributed by atoms with E-state index >= 15 is 0 Å². The molecule has 0 amide bonds. The molecule has 1 saturated heterocycles. The van der Waals surface area contributed by atoms with Crippen molar-refractivity contribution in [3.8, 4) is 0 Å². The van der Waals surface area contributed by atoms with E-state index in [1.165, 1.54) is 43.2 Å². The summed E-state index contributed by atoms with van der Waals surface area (Å²) in [5.41, 5.74) is 1.35. The number of guanidine groups is 1. The molecule has 0 saturated carbocycles. The van der Waals surface area contributed by atoms with E-state index in [-0.39, 0.29) is 24.0 Å². The zero-order chi connectivity index (χ0) is 17.4. The first-order valence-corrected chi connectivity index (χ1v) is 9.92. The number of hydrogen-bond acceptors (Lipinski definition) is 4. The fraction of sp³-hybridized carbons (Fsp3) is 0.722. The summed E-state index contributed by atoms with van der Waals surface area (Å²) in [6, 6.07) is 2.16. The molecule has 5 nitrogen and oxygen atoms in total. The Morgan fingerprint density at radius 3 is 2.48 bits per heavy atom. The molecule has 1 aromatic heterocycles. The van der Waals surface area contributed by atoms with Crippen LogP contribution in [0.3, 0.4) is 0 Å². The summed E-state index contributed by atoms with van der Waals surface area (Å²) >= 11 is 1.80. The van der Waals surface area contributed by atoms with E-state index < -0.39 is 0 Å². The molecule has 0 bridgehead atoms. The second-order valence-corrected chi connectivity index (χ2v) is 7.67. The number of thiophene rings is 1. The van der Waals surface area contributed by atoms with Crippen LogP contribution in [0, 0.1) is 12.8 Å². The van der Waals surface area contributed by atoms with Gasteiger partial charge >= 0.3 is 0 Å². The molecule has 2 heterocycles. The summed E-state index contributed by atoms with van der Waals surface area (Å²) in [4.78, 5) is 10.8. The van der Waals surface area contributed by atoms with Crippen LogP contribution in [0.4, 0.5) is 0 Å². The Labute approximate surface area is 174 Å². The summed E-state index contributed by atoms with van der Waals surface area (Å²) in [7, 11) is 1.84. The highest BCUT2D eigenvalue weighted by atomic mass is 127. The third kappa shape index (κ3) is 7.80. The number of halogens is 1. The average Bonchev–Trinajstić information content (AvgIpc) is 3.01. The molecular weight excluding hydrogens is 445 g/mol. The second kappa shape index (κ2) is 12.1. The molecule has 0 aliphatic carbocycles. The molecule has 0 radical (unpaired) electrons. The standard InChI is InChI=1S/C18H33N5S.HI/c1-5-22-7-9-23(10-8-22)14-15(2)12-20-18(19-4)21-13-17-16(3)6-11-24-17;/h6,11,15H,5,7-10,12-14H2,1-4H3,(H2,19,20,21);1H. The molecule has 0 spiro atoms. The Morgan fingerprint density at radius 1 is 1.24 bits per heavy atom. The number of aliphatic imine (C=N–C) groups is 1. The molecule has 2 N–H and O–H groups in total. The second-order valence-electron chi connectivity index (χ2n) is 6.67. The SMILES string of the molecule is CCN1CCN(CC(C)CNC(=NC)NCc2sccc2C)CC1.I. The normalized spacial score (nSPS) is 17.8. The van der Waals surface area contributed by atoms with Crippen LogP contribution in [0.2, 0.25) is 0 Å². The highest BCUT2D eigenvalue weighted by Gasteiger charge is 2.17. The summed E-state index contributed by atoms with van der Waals surface area (Å²) < 4.78 is 0. The zero-order valence-corrected chi connectivity index (χ0v) is 19.2. The molecule has 1 fully saturated rings. The van der Waals surface area contributed by atoms with Crippen molar-refractivity contribution in [1.82, 2.24) is 20.4 Å². The van der Waals surface area contributed by atoms with Gasteiger partial charge in [0.1, 0.15) is 0 Å². The number of piperazine rings is 1. The maximum Gasteiger partial charge on any atom is 0.191 e. The van der Waals surface area contributed by atoms with Gasteiger partial charge in [-0.25, -0.2) is 0 Å². The number of nitrogens with one attached hydrogen (secondary N) is 2. The van der Waals surface area contributed by atoms with Crippen LogP contribution in [0.5, 0.6) is 0 Å². The van der Waals surface area contributed by atoms with E-state index in [9.17, 15) is 0 Å². The number of nitrogens with zero attached hydrogens (tertiary/aromatic N) is 3. The Balaban J connectivity index is 0.00000312. The van der Waals surface area contributed by atoms with Crippen LogP contribution in [-0.2, 0) is 6.54 Å². The lowest BCUT2D eigenvalue weighted by Gasteiger charge is -2.35. The Bertz CT molecular complexity index is 511. The van der Waals surface area contributed by atoms with Crippen LogP contribution in [0.25, 0.3) is 0 Å². The quantitative estimate of drug-likeness (QED) is 0.359. The molecule has 7 heteroatoms. The van der Waals surface area contributed by atoms with Crippen molar-refractivity contribution >= 4 is 41.3 Å². The minimum Gasteiger partial charge on any atom is -0.356 e. The fourth-order valence-corrected chi connectivity index (χ4v) is 3.88. The lowest BCUT2D eigenvalue weighted by Crippen LogP contribution is -2.48. The van der Waals surface area contributed by atoms with Gasteiger partial charge in [0, 0.05) is 51.2 Å². The molecule has 1 aliphatic rings. The molecule has 144 valence electrons. The van der Waals surface area contributed by atoms with Crippen molar-refractivity contribution in [2.75, 3.05) is 52.9 Å². The van der Waals surface area contributed by atoms with Gasteiger partial charge in [-0.05, 0) is 36.4 Å². The van der Waals surface area contributed by atoms with E-state index in [0.717, 1.165) is 25.6 Å². The largest absolute Gasteiger partial charge is 0.356 e. The van der Waals surface area contributed by atoms with Gasteiger partial charge < -0.3 is 20.4 Å². The lowest BCUT2D eigenvalue weighted by atomic mass is 10.1. The van der Waals surface area contributed by atoms with Crippen molar-refractivity contribution in [3.63, 3.8) is 0 Å². The van der Waals surface area contributed by atoms with Crippen LogP contribution < -0.4 is 10.6 Å². The van der Waals surface area contributed by atoms with Gasteiger partial charge in [-0.1, -0.05) is 13.8 Å². The third-order valence-corrected chi connectivity index (χ3v) is 5.73. The predicted octanol–water partition coefficient (Wildman–Crippen LogP) is 2.61. The first-order valence-electron chi connectivity index (χ1n) is 9.04. The minimum absolute atomic E-state index is 0. The van der Waals surface area contributed by atoms with Crippen molar-refractivity contribution < 1.29 is 0 Å². The Kier molecular flexibility index (Phi) is 11.0. The molecule has 1 atom stereocenters. The van der Waals surface area contributed by atoms with Crippen LogP contribution in [-0.4, -0.2) is 68.6 Å². The van der Waals surface area contributed by atoms with E-state index in [1.54, 1.807) is 11.3 Å². The van der Waals surface area contributed by atoms with E-state index in [0.29, 0.717) is 5.92 Å². The molecule has 25 heavy (non-hydrogen) atoms. The Morgan fingerprint density at radius 2 is 1.92 bits per heavy atom. The van der Waals surface area contributed by atoms with Gasteiger partial charge in [0.2, 0.25) is 0 Å². The lowest BCUT2D eigenvalue weighted by molar-refractivity contribution is 0.124. The van der Waals surface area contributed by atoms with Gasteiger partial charge in [0.05, 0.1) is 6.54 Å². The van der Waals surface area contributed by atoms with E-state index in [2.05, 4.69) is 57.6 Å². The van der Waals surface area contributed by atoms with Gasteiger partial charge in [0.15, 0.2) is 5.96 Å². The highest BCUT2D eigenvalue weighted by molar-refractivity contribution is 14.0. The minimum atomic E-state index is 0. The number of aryl methyl sites for hydroxylation is 1. The van der Waals surface area contributed by atoms with Crippen molar-refractivity contribution in [2.24, 2.45) is 10.9 Å². The predicted molar refractivity (Wildman–Crippen MR) is 120 cm³/mol. The van der Waals surface area contributed by atoms with E-state index in [4.69, 9.17) is 0 Å². The van der Waals surface area contributed by atoms with Crippen LogP contribution >= 0.6 is 35.3 Å². The number of likely N-dealkylation sites (N-methyl/N-ethyl adjacent to an activating group) is 1. The van der Waals surface area contributed by atoms with Crippen LogP contribution in [0.15, 0.2) is 16.4 Å². The highest BCUT2D eigenvalue weighted by Crippen LogP contribution is 2.14. The summed E-state index contributed by atoms with van der Waals surface area (Å²) in [6.07, 6.45) is 0. The molecule has 1 unspecified atom stereocenters. The van der Waals surface area contributed by atoms with E-state index in [1.807, 2.05) is 7.05 Å². The van der Waals surface area contributed by atoms with Crippen molar-refractivity contribution in [1.29, 1.82) is 0 Å². The van der Waals surface area contributed by atoms with Gasteiger partial charge in [0.25, 0.3) is 0 Å². The van der Waals surface area contributed by atoms with Gasteiger partial charge in [-0.2, -0.15) is 0 Å². The topological polar surface area (TPSA) is 42.9 Å². The molecule has 0 aromatic carbocycles. The fourth-order valence-electron chi connectivity index (χ4n) is 3.03. The monoisotopic (exact) mass is 479 g/mol. The van der Waals surface area contributed by atoms with Crippen molar-refractivity contribution in [2.45, 2.75) is 27.3 Å². The first kappa shape index (κ1) is 22.7. The Hall–Kier alpha value is -0.380. The van der Waals surface area contributed by atoms with Crippen LogP contribution in [0.1, 0.15) is 24.3 Å². The first-order chi connectivity index (χ1) is 11.6. The third-order valence-electron chi connectivity index (χ3n) is 4.71.